The molecule has 1 N–H and O–H groups in total. The minimum atomic E-state index is -0.144. The Morgan fingerprint density at radius 1 is 1.35 bits per heavy atom. The fourth-order valence-corrected chi connectivity index (χ4v) is 2.69. The van der Waals surface area contributed by atoms with Crippen molar-refractivity contribution in [2.24, 2.45) is 7.05 Å². The van der Waals surface area contributed by atoms with Gasteiger partial charge in [-0.1, -0.05) is 17.7 Å². The molecule has 0 aliphatic rings. The Hall–Kier alpha value is -2.01. The van der Waals surface area contributed by atoms with Crippen LogP contribution in [0.2, 0.25) is 5.02 Å². The summed E-state index contributed by atoms with van der Waals surface area (Å²) in [7, 11) is 3.72. The Kier molecular flexibility index (Phi) is 5.31. The number of aryl methyl sites for hydroxylation is 2. The van der Waals surface area contributed by atoms with Crippen LogP contribution in [0, 0.1) is 20.8 Å². The van der Waals surface area contributed by atoms with Crippen LogP contribution in [0.4, 0.5) is 10.5 Å². The fraction of sp³-hybridized carbons (Fsp3) is 0.412. The largest absolute Gasteiger partial charge is 0.327 e. The number of carbonyl (C=O) groups excluding carboxylic acids is 1. The number of amides is 2. The van der Waals surface area contributed by atoms with Gasteiger partial charge in [-0.05, 0) is 50.5 Å². The molecule has 6 heteroatoms. The predicted molar refractivity (Wildman–Crippen MR) is 94.2 cm³/mol. The molecule has 1 aromatic heterocycles. The van der Waals surface area contributed by atoms with Crippen molar-refractivity contribution in [3.8, 4) is 0 Å². The number of halogens is 1. The number of likely N-dealkylation sites (N-methyl/N-ethyl adjacent to an activating group) is 1. The number of anilines is 1. The zero-order valence-corrected chi connectivity index (χ0v) is 15.0. The average Bonchev–Trinajstić information content (AvgIpc) is 2.74. The molecular formula is C17H23ClN4O. The summed E-state index contributed by atoms with van der Waals surface area (Å²) >= 11 is 6.08. The lowest BCUT2D eigenvalue weighted by molar-refractivity contribution is 0.223. The van der Waals surface area contributed by atoms with E-state index in [9.17, 15) is 4.79 Å². The number of nitrogens with zero attached hydrogens (tertiary/aromatic N) is 3. The third kappa shape index (κ3) is 3.85. The van der Waals surface area contributed by atoms with E-state index in [4.69, 9.17) is 11.6 Å². The second kappa shape index (κ2) is 7.04. The zero-order chi connectivity index (χ0) is 17.1. The van der Waals surface area contributed by atoms with Crippen LogP contribution in [0.15, 0.2) is 18.2 Å². The maximum Gasteiger partial charge on any atom is 0.321 e. The van der Waals surface area contributed by atoms with Gasteiger partial charge in [-0.25, -0.2) is 4.79 Å². The highest BCUT2D eigenvalue weighted by molar-refractivity contribution is 6.31. The molecule has 1 heterocycles. The fourth-order valence-electron chi connectivity index (χ4n) is 2.51. The summed E-state index contributed by atoms with van der Waals surface area (Å²) in [5.74, 6) is 0. The molecule has 0 aliphatic carbocycles. The summed E-state index contributed by atoms with van der Waals surface area (Å²) in [5.41, 5.74) is 4.97. The van der Waals surface area contributed by atoms with Gasteiger partial charge < -0.3 is 10.2 Å². The quantitative estimate of drug-likeness (QED) is 0.926. The van der Waals surface area contributed by atoms with E-state index < -0.39 is 0 Å². The van der Waals surface area contributed by atoms with Gasteiger partial charge in [0.1, 0.15) is 0 Å². The van der Waals surface area contributed by atoms with Crippen LogP contribution in [0.5, 0.6) is 0 Å². The van der Waals surface area contributed by atoms with Crippen LogP contribution < -0.4 is 5.32 Å². The Bertz CT molecular complexity index is 724. The molecule has 2 rings (SSSR count). The van der Waals surface area contributed by atoms with Crippen molar-refractivity contribution in [2.45, 2.75) is 27.2 Å². The average molecular weight is 335 g/mol. The van der Waals surface area contributed by atoms with E-state index in [0.29, 0.717) is 11.6 Å². The molecule has 5 nitrogen and oxygen atoms in total. The Labute approximate surface area is 142 Å². The first-order chi connectivity index (χ1) is 10.8. The number of hydrogen-bond acceptors (Lipinski definition) is 2. The lowest BCUT2D eigenvalue weighted by atomic mass is 10.1. The maximum absolute atomic E-state index is 12.3. The first-order valence-corrected chi connectivity index (χ1v) is 7.95. The molecule has 0 fully saturated rings. The van der Waals surface area contributed by atoms with E-state index in [1.807, 2.05) is 50.7 Å². The second-order valence-corrected chi connectivity index (χ2v) is 6.19. The van der Waals surface area contributed by atoms with Crippen LogP contribution in [0.25, 0.3) is 0 Å². The third-order valence-electron chi connectivity index (χ3n) is 4.21. The molecule has 0 unspecified atom stereocenters. The van der Waals surface area contributed by atoms with E-state index >= 15 is 0 Å². The second-order valence-electron chi connectivity index (χ2n) is 5.79. The normalized spacial score (nSPS) is 10.7. The first kappa shape index (κ1) is 17.3. The molecule has 124 valence electrons. The van der Waals surface area contributed by atoms with Crippen molar-refractivity contribution in [1.29, 1.82) is 0 Å². The molecule has 0 saturated carbocycles. The number of carbonyl (C=O) groups is 1. The summed E-state index contributed by atoms with van der Waals surface area (Å²) in [6.45, 7) is 6.56. The minimum absolute atomic E-state index is 0.144. The summed E-state index contributed by atoms with van der Waals surface area (Å²) < 4.78 is 1.88. The number of aromatic nitrogens is 2. The smallest absolute Gasteiger partial charge is 0.321 e. The van der Waals surface area contributed by atoms with Crippen LogP contribution in [0.3, 0.4) is 0 Å². The Morgan fingerprint density at radius 3 is 2.65 bits per heavy atom. The van der Waals surface area contributed by atoms with Crippen molar-refractivity contribution in [1.82, 2.24) is 14.7 Å². The molecule has 0 radical (unpaired) electrons. The van der Waals surface area contributed by atoms with Gasteiger partial charge in [0.2, 0.25) is 0 Å². The van der Waals surface area contributed by atoms with Crippen LogP contribution in [-0.2, 0) is 13.5 Å². The summed E-state index contributed by atoms with van der Waals surface area (Å²) in [4.78, 5) is 14.0. The minimum Gasteiger partial charge on any atom is -0.327 e. The van der Waals surface area contributed by atoms with Gasteiger partial charge in [-0.3, -0.25) is 4.68 Å². The van der Waals surface area contributed by atoms with Crippen molar-refractivity contribution < 1.29 is 4.79 Å². The highest BCUT2D eigenvalue weighted by Crippen LogP contribution is 2.23. The third-order valence-corrected chi connectivity index (χ3v) is 4.62. The maximum atomic E-state index is 12.3. The number of nitrogens with one attached hydrogen (secondary N) is 1. The molecule has 2 amide bonds. The molecule has 0 spiro atoms. The number of urea groups is 1. The van der Waals surface area contributed by atoms with E-state index in [0.717, 1.165) is 29.1 Å². The van der Waals surface area contributed by atoms with E-state index in [1.165, 1.54) is 5.56 Å². The van der Waals surface area contributed by atoms with Gasteiger partial charge in [0.15, 0.2) is 0 Å². The van der Waals surface area contributed by atoms with E-state index in [2.05, 4.69) is 10.4 Å². The molecule has 2 aromatic rings. The van der Waals surface area contributed by atoms with E-state index in [-0.39, 0.29) is 6.03 Å². The number of hydrogen-bond donors (Lipinski definition) is 1. The number of benzene rings is 1. The highest BCUT2D eigenvalue weighted by atomic mass is 35.5. The first-order valence-electron chi connectivity index (χ1n) is 7.57. The summed E-state index contributed by atoms with van der Waals surface area (Å²) in [6, 6.07) is 5.34. The Balaban J connectivity index is 1.99. The predicted octanol–water partition coefficient (Wildman–Crippen LogP) is 3.71. The van der Waals surface area contributed by atoms with Gasteiger partial charge in [0.25, 0.3) is 0 Å². The Morgan fingerprint density at radius 2 is 2.04 bits per heavy atom. The van der Waals surface area contributed by atoms with Crippen molar-refractivity contribution in [3.63, 3.8) is 0 Å². The summed E-state index contributed by atoms with van der Waals surface area (Å²) in [6.07, 6.45) is 0.782. The molecule has 0 aliphatic heterocycles. The molecule has 1 aromatic carbocycles. The monoisotopic (exact) mass is 334 g/mol. The molecule has 0 saturated heterocycles. The van der Waals surface area contributed by atoms with Gasteiger partial charge in [0.05, 0.1) is 5.69 Å². The van der Waals surface area contributed by atoms with Gasteiger partial charge in [-0.15, -0.1) is 0 Å². The summed E-state index contributed by atoms with van der Waals surface area (Å²) in [5, 5.41) is 7.95. The standard InChI is InChI=1S/C17H23ClN4O/c1-11-15(18)7-6-8-16(11)19-17(23)21(4)10-9-14-12(2)20-22(5)13(14)3/h6-8H,9-10H2,1-5H3,(H,19,23). The van der Waals surface area contributed by atoms with Crippen LogP contribution in [0.1, 0.15) is 22.5 Å². The molecule has 23 heavy (non-hydrogen) atoms. The van der Waals surface area contributed by atoms with Crippen LogP contribution in [-0.4, -0.2) is 34.3 Å². The van der Waals surface area contributed by atoms with E-state index in [1.54, 1.807) is 11.9 Å². The zero-order valence-electron chi connectivity index (χ0n) is 14.3. The van der Waals surface area contributed by atoms with Crippen molar-refractivity contribution in [3.05, 3.63) is 45.7 Å². The SMILES string of the molecule is Cc1nn(C)c(C)c1CCN(C)C(=O)Nc1cccc(Cl)c1C. The van der Waals surface area contributed by atoms with Crippen molar-refractivity contribution in [2.75, 3.05) is 18.9 Å². The van der Waals surface area contributed by atoms with Crippen molar-refractivity contribution >= 4 is 23.3 Å². The molecule has 0 atom stereocenters. The molecular weight excluding hydrogens is 312 g/mol. The van der Waals surface area contributed by atoms with Gasteiger partial charge in [-0.2, -0.15) is 5.10 Å². The highest BCUT2D eigenvalue weighted by Gasteiger charge is 2.14. The lowest BCUT2D eigenvalue weighted by Crippen LogP contribution is -2.33. The van der Waals surface area contributed by atoms with Gasteiger partial charge >= 0.3 is 6.03 Å². The number of rotatable bonds is 4. The lowest BCUT2D eigenvalue weighted by Gasteiger charge is -2.19. The topological polar surface area (TPSA) is 50.2 Å². The molecule has 0 bridgehead atoms. The van der Waals surface area contributed by atoms with Gasteiger partial charge in [0, 0.05) is 37.0 Å². The van der Waals surface area contributed by atoms with Crippen LogP contribution >= 0.6 is 11.6 Å².